The van der Waals surface area contributed by atoms with E-state index in [-0.39, 0.29) is 0 Å². The molecule has 86 valence electrons. The van der Waals surface area contributed by atoms with Crippen LogP contribution in [0.2, 0.25) is 0 Å². The van der Waals surface area contributed by atoms with E-state index < -0.39 is 0 Å². The highest BCUT2D eigenvalue weighted by molar-refractivity contribution is 4.94. The van der Waals surface area contributed by atoms with Crippen molar-refractivity contribution in [2.45, 2.75) is 60.3 Å². The lowest BCUT2D eigenvalue weighted by Gasteiger charge is -2.47. The maximum atomic E-state index is 3.39. The zero-order valence-electron chi connectivity index (χ0n) is 10.8. The molecule has 0 aromatic heterocycles. The Kier molecular flexibility index (Phi) is 7.26. The zero-order chi connectivity index (χ0) is 11.0. The van der Waals surface area contributed by atoms with Crippen LogP contribution in [0.5, 0.6) is 0 Å². The van der Waals surface area contributed by atoms with Gasteiger partial charge in [0.1, 0.15) is 0 Å². The van der Waals surface area contributed by atoms with Gasteiger partial charge >= 0.3 is 0 Å². The summed E-state index contributed by atoms with van der Waals surface area (Å²) in [6, 6.07) is 0. The first-order valence-corrected chi connectivity index (χ1v) is 6.52. The van der Waals surface area contributed by atoms with Gasteiger partial charge in [0.25, 0.3) is 0 Å². The van der Waals surface area contributed by atoms with Gasteiger partial charge in [-0.1, -0.05) is 47.5 Å². The second kappa shape index (κ2) is 7.28. The molecule has 0 amide bonds. The Morgan fingerprint density at radius 3 is 1.64 bits per heavy atom. The highest BCUT2D eigenvalue weighted by atomic mass is 15.0. The van der Waals surface area contributed by atoms with Crippen molar-refractivity contribution in [1.29, 1.82) is 0 Å². The molecule has 0 unspecified atom stereocenters. The van der Waals surface area contributed by atoms with Crippen LogP contribution in [-0.2, 0) is 0 Å². The second-order valence-corrected chi connectivity index (χ2v) is 4.29. The molecule has 1 spiro atoms. The third-order valence-electron chi connectivity index (χ3n) is 3.33. The molecule has 1 aliphatic heterocycles. The van der Waals surface area contributed by atoms with E-state index in [1.54, 1.807) is 0 Å². The molecular weight excluding hydrogens is 170 g/mol. The zero-order valence-corrected chi connectivity index (χ0v) is 10.8. The summed E-state index contributed by atoms with van der Waals surface area (Å²) in [7, 11) is 0. The van der Waals surface area contributed by atoms with Gasteiger partial charge in [-0.15, -0.1) is 0 Å². The van der Waals surface area contributed by atoms with Crippen molar-refractivity contribution in [3.8, 4) is 0 Å². The van der Waals surface area contributed by atoms with E-state index >= 15 is 0 Å². The van der Waals surface area contributed by atoms with Crippen LogP contribution >= 0.6 is 0 Å². The monoisotopic (exact) mass is 199 g/mol. The maximum Gasteiger partial charge on any atom is 0.00202 e. The van der Waals surface area contributed by atoms with Crippen LogP contribution in [0, 0.1) is 11.3 Å². The summed E-state index contributed by atoms with van der Waals surface area (Å²) < 4.78 is 0. The fourth-order valence-corrected chi connectivity index (χ4v) is 2.21. The molecule has 1 saturated carbocycles. The van der Waals surface area contributed by atoms with Crippen molar-refractivity contribution in [2.75, 3.05) is 13.1 Å². The summed E-state index contributed by atoms with van der Waals surface area (Å²) >= 11 is 0. The van der Waals surface area contributed by atoms with Crippen LogP contribution in [0.25, 0.3) is 0 Å². The Hall–Kier alpha value is -0.0400. The minimum Gasteiger partial charge on any atom is -0.316 e. The molecular formula is C13H29N. The average molecular weight is 199 g/mol. The first-order chi connectivity index (χ1) is 6.81. The van der Waals surface area contributed by atoms with Crippen LogP contribution < -0.4 is 5.32 Å². The van der Waals surface area contributed by atoms with Crippen LogP contribution in [0.3, 0.4) is 0 Å². The second-order valence-electron chi connectivity index (χ2n) is 4.29. The molecule has 0 aromatic rings. The number of hydrogen-bond donors (Lipinski definition) is 1. The van der Waals surface area contributed by atoms with Gasteiger partial charge in [-0.2, -0.15) is 0 Å². The number of hydrogen-bond acceptors (Lipinski definition) is 1. The van der Waals surface area contributed by atoms with Gasteiger partial charge in [0, 0.05) is 13.1 Å². The van der Waals surface area contributed by atoms with E-state index in [9.17, 15) is 0 Å². The van der Waals surface area contributed by atoms with Gasteiger partial charge in [0.2, 0.25) is 0 Å². The fraction of sp³-hybridized carbons (Fsp3) is 1.00. The van der Waals surface area contributed by atoms with E-state index in [4.69, 9.17) is 0 Å². The standard InChI is InChI=1S/C9H17N.2C2H6/c1-8-2-4-9(5-3-8)6-10-7-9;2*1-2/h8,10H,2-7H2,1H3;2*1-2H3. The Morgan fingerprint density at radius 1 is 0.929 bits per heavy atom. The van der Waals surface area contributed by atoms with Gasteiger partial charge in [-0.25, -0.2) is 0 Å². The average Bonchev–Trinajstić information content (AvgIpc) is 2.23. The van der Waals surface area contributed by atoms with Gasteiger partial charge in [-0.3, -0.25) is 0 Å². The summed E-state index contributed by atoms with van der Waals surface area (Å²) in [4.78, 5) is 0. The van der Waals surface area contributed by atoms with Gasteiger partial charge in [-0.05, 0) is 24.2 Å². The fourth-order valence-electron chi connectivity index (χ4n) is 2.21. The largest absolute Gasteiger partial charge is 0.316 e. The first-order valence-electron chi connectivity index (χ1n) is 6.52. The van der Waals surface area contributed by atoms with Crippen molar-refractivity contribution in [1.82, 2.24) is 5.32 Å². The Balaban J connectivity index is 0.000000379. The van der Waals surface area contributed by atoms with Gasteiger partial charge in [0.15, 0.2) is 0 Å². The van der Waals surface area contributed by atoms with Gasteiger partial charge in [0.05, 0.1) is 0 Å². The third-order valence-corrected chi connectivity index (χ3v) is 3.33. The third kappa shape index (κ3) is 3.61. The number of rotatable bonds is 0. The summed E-state index contributed by atoms with van der Waals surface area (Å²) in [5.41, 5.74) is 0.770. The van der Waals surface area contributed by atoms with Crippen LogP contribution in [0.4, 0.5) is 0 Å². The molecule has 1 heteroatoms. The maximum absolute atomic E-state index is 3.39. The summed E-state index contributed by atoms with van der Waals surface area (Å²) in [6.07, 6.45) is 5.92. The molecule has 1 aliphatic carbocycles. The molecule has 2 rings (SSSR count). The predicted octanol–water partition coefficient (Wildman–Crippen LogP) is 3.84. The predicted molar refractivity (Wildman–Crippen MR) is 65.6 cm³/mol. The Labute approximate surface area is 90.7 Å². The van der Waals surface area contributed by atoms with E-state index in [0.717, 1.165) is 11.3 Å². The molecule has 0 atom stereocenters. The highest BCUT2D eigenvalue weighted by Gasteiger charge is 2.38. The van der Waals surface area contributed by atoms with Crippen molar-refractivity contribution in [3.63, 3.8) is 0 Å². The molecule has 14 heavy (non-hydrogen) atoms. The van der Waals surface area contributed by atoms with E-state index in [1.807, 2.05) is 27.7 Å². The van der Waals surface area contributed by atoms with E-state index in [2.05, 4.69) is 12.2 Å². The number of nitrogens with one attached hydrogen (secondary N) is 1. The van der Waals surface area contributed by atoms with E-state index in [1.165, 1.54) is 38.8 Å². The molecule has 2 aliphatic rings. The van der Waals surface area contributed by atoms with Crippen LogP contribution in [0.1, 0.15) is 60.3 Å². The quantitative estimate of drug-likeness (QED) is 0.625. The molecule has 1 nitrogen and oxygen atoms in total. The Morgan fingerprint density at radius 2 is 1.36 bits per heavy atom. The lowest BCUT2D eigenvalue weighted by atomic mass is 9.67. The normalized spacial score (nSPS) is 23.8. The first kappa shape index (κ1) is 14.0. The molecule has 2 fully saturated rings. The molecule has 1 N–H and O–H groups in total. The highest BCUT2D eigenvalue weighted by Crippen LogP contribution is 2.41. The van der Waals surface area contributed by atoms with E-state index in [0.29, 0.717) is 0 Å². The molecule has 0 aromatic carbocycles. The molecule has 0 bridgehead atoms. The summed E-state index contributed by atoms with van der Waals surface area (Å²) in [5, 5.41) is 3.39. The lowest BCUT2D eigenvalue weighted by Crippen LogP contribution is -2.54. The smallest absolute Gasteiger partial charge is 0.00202 e. The lowest BCUT2D eigenvalue weighted by molar-refractivity contribution is 0.0861. The minimum atomic E-state index is 0.770. The van der Waals surface area contributed by atoms with Crippen molar-refractivity contribution < 1.29 is 0 Å². The summed E-state index contributed by atoms with van der Waals surface area (Å²) in [6.45, 7) is 13.0. The van der Waals surface area contributed by atoms with Crippen molar-refractivity contribution in [3.05, 3.63) is 0 Å². The molecule has 1 saturated heterocycles. The Bertz CT molecular complexity index is 117. The molecule has 1 heterocycles. The van der Waals surface area contributed by atoms with Crippen molar-refractivity contribution in [2.24, 2.45) is 11.3 Å². The van der Waals surface area contributed by atoms with Gasteiger partial charge < -0.3 is 5.32 Å². The molecule has 0 radical (unpaired) electrons. The van der Waals surface area contributed by atoms with Crippen LogP contribution in [-0.4, -0.2) is 13.1 Å². The minimum absolute atomic E-state index is 0.770. The topological polar surface area (TPSA) is 12.0 Å². The SMILES string of the molecule is CC.CC.CC1CCC2(CC1)CNC2. The van der Waals surface area contributed by atoms with Crippen LogP contribution in [0.15, 0.2) is 0 Å². The van der Waals surface area contributed by atoms with Crippen molar-refractivity contribution >= 4 is 0 Å². The summed E-state index contributed by atoms with van der Waals surface area (Å²) in [5.74, 6) is 1.01.